The normalized spacial score (nSPS) is 21.9. The van der Waals surface area contributed by atoms with Gasteiger partial charge in [0.1, 0.15) is 12.2 Å². The predicted molar refractivity (Wildman–Crippen MR) is 137 cm³/mol. The minimum atomic E-state index is -0.854. The molecule has 9 nitrogen and oxygen atoms in total. The van der Waals surface area contributed by atoms with Gasteiger partial charge in [0, 0.05) is 56.2 Å². The molecule has 0 saturated carbocycles. The highest BCUT2D eigenvalue weighted by molar-refractivity contribution is 5.76. The fourth-order valence-corrected chi connectivity index (χ4v) is 5.79. The quantitative estimate of drug-likeness (QED) is 0.623. The van der Waals surface area contributed by atoms with Gasteiger partial charge in [-0.05, 0) is 56.7 Å². The summed E-state index contributed by atoms with van der Waals surface area (Å²) in [7, 11) is 0. The summed E-state index contributed by atoms with van der Waals surface area (Å²) in [4.78, 5) is 19.5. The highest BCUT2D eigenvalue weighted by Gasteiger charge is 2.32. The van der Waals surface area contributed by atoms with Crippen molar-refractivity contribution in [2.75, 3.05) is 57.4 Å². The second-order valence-corrected chi connectivity index (χ2v) is 10.3. The third kappa shape index (κ3) is 5.02. The Morgan fingerprint density at radius 1 is 1.14 bits per heavy atom. The van der Waals surface area contributed by atoms with E-state index in [1.165, 1.54) is 16.8 Å². The molecule has 0 radical (unpaired) electrons. The molecule has 1 amide bonds. The number of rotatable bonds is 6. The third-order valence-corrected chi connectivity index (χ3v) is 8.09. The van der Waals surface area contributed by atoms with Crippen LogP contribution in [0.1, 0.15) is 47.1 Å². The minimum absolute atomic E-state index is 0.0685. The van der Waals surface area contributed by atoms with E-state index in [-0.39, 0.29) is 25.2 Å². The summed E-state index contributed by atoms with van der Waals surface area (Å²) in [6.45, 7) is 8.99. The summed E-state index contributed by atoms with van der Waals surface area (Å²) < 4.78 is 7.39. The van der Waals surface area contributed by atoms with Crippen LogP contribution in [0.5, 0.6) is 0 Å². The molecule has 2 saturated heterocycles. The molecular formula is C27H39N5O4. The number of carbonyl (C=O) groups is 1. The van der Waals surface area contributed by atoms with Crippen molar-refractivity contribution in [3.05, 3.63) is 46.3 Å². The van der Waals surface area contributed by atoms with Crippen molar-refractivity contribution in [1.82, 2.24) is 19.6 Å². The fourth-order valence-electron chi connectivity index (χ4n) is 5.79. The van der Waals surface area contributed by atoms with Crippen molar-refractivity contribution in [2.45, 2.75) is 58.4 Å². The number of anilines is 1. The average molecular weight is 498 g/mol. The summed E-state index contributed by atoms with van der Waals surface area (Å²) in [5, 5.41) is 25.5. The molecule has 1 aromatic carbocycles. The van der Waals surface area contributed by atoms with E-state index in [0.29, 0.717) is 38.5 Å². The molecule has 3 heterocycles. The van der Waals surface area contributed by atoms with Crippen LogP contribution in [0.15, 0.2) is 18.2 Å². The van der Waals surface area contributed by atoms with Crippen LogP contribution < -0.4 is 4.90 Å². The van der Waals surface area contributed by atoms with Crippen LogP contribution in [-0.4, -0.2) is 94.3 Å². The molecule has 2 aromatic rings. The lowest BCUT2D eigenvalue weighted by Crippen LogP contribution is -2.50. The van der Waals surface area contributed by atoms with Crippen molar-refractivity contribution >= 4 is 11.6 Å². The van der Waals surface area contributed by atoms with Crippen LogP contribution in [-0.2, 0) is 28.9 Å². The number of amides is 1. The van der Waals surface area contributed by atoms with E-state index in [4.69, 9.17) is 9.84 Å². The summed E-state index contributed by atoms with van der Waals surface area (Å²) in [5.74, 6) is 0.0826. The number of carbonyl (C=O) groups excluding carboxylic acids is 1. The van der Waals surface area contributed by atoms with Crippen LogP contribution in [0.3, 0.4) is 0 Å². The number of aromatic nitrogens is 2. The molecule has 2 aliphatic heterocycles. The number of aryl methyl sites for hydroxylation is 1. The Kier molecular flexibility index (Phi) is 7.62. The third-order valence-electron chi connectivity index (χ3n) is 8.09. The van der Waals surface area contributed by atoms with Crippen LogP contribution in [0, 0.1) is 13.8 Å². The van der Waals surface area contributed by atoms with Crippen LogP contribution >= 0.6 is 0 Å². The number of nitrogens with zero attached hydrogens (tertiary/aromatic N) is 5. The molecule has 196 valence electrons. The second-order valence-electron chi connectivity index (χ2n) is 10.3. The lowest BCUT2D eigenvalue weighted by molar-refractivity contribution is -0.132. The van der Waals surface area contributed by atoms with Crippen molar-refractivity contribution in [3.8, 4) is 0 Å². The summed E-state index contributed by atoms with van der Waals surface area (Å²) in [6, 6.07) is 6.40. The molecule has 0 spiro atoms. The first-order valence-corrected chi connectivity index (χ1v) is 13.3. The summed E-state index contributed by atoms with van der Waals surface area (Å²) >= 11 is 0. The van der Waals surface area contributed by atoms with Crippen LogP contribution in [0.2, 0.25) is 0 Å². The van der Waals surface area contributed by atoms with Gasteiger partial charge in [0.05, 0.1) is 19.3 Å². The van der Waals surface area contributed by atoms with E-state index in [1.54, 1.807) is 0 Å². The van der Waals surface area contributed by atoms with Crippen molar-refractivity contribution in [1.29, 1.82) is 0 Å². The Hall–Kier alpha value is -2.46. The van der Waals surface area contributed by atoms with E-state index in [9.17, 15) is 15.0 Å². The maximum atomic E-state index is 13.3. The largest absolute Gasteiger partial charge is 0.394 e. The molecule has 5 rings (SSSR count). The molecule has 0 bridgehead atoms. The van der Waals surface area contributed by atoms with Crippen LogP contribution in [0.25, 0.3) is 0 Å². The molecule has 9 heteroatoms. The molecule has 1 unspecified atom stereocenters. The molecule has 36 heavy (non-hydrogen) atoms. The average Bonchev–Trinajstić information content (AvgIpc) is 3.28. The smallest absolute Gasteiger partial charge is 0.244 e. The number of aliphatic hydroxyl groups excluding tert-OH is 2. The maximum Gasteiger partial charge on any atom is 0.244 e. The van der Waals surface area contributed by atoms with E-state index >= 15 is 0 Å². The van der Waals surface area contributed by atoms with E-state index in [1.807, 2.05) is 14.5 Å². The number of ether oxygens (including phenoxy) is 1. The van der Waals surface area contributed by atoms with E-state index in [2.05, 4.69) is 36.9 Å². The molecule has 1 aliphatic carbocycles. The molecule has 2 N–H and O–H groups in total. The highest BCUT2D eigenvalue weighted by atomic mass is 16.5. The number of hydrogen-bond acceptors (Lipinski definition) is 7. The SMILES string of the molecule is Cc1cccc(N2CCN(C(=O)Cn3nc(C(O)N4CCO[C@H](CO)C4)c4c3CCCC4)CC2)c1C. The van der Waals surface area contributed by atoms with Gasteiger partial charge in [0.2, 0.25) is 5.91 Å². The molecule has 2 atom stereocenters. The molecular weight excluding hydrogens is 458 g/mol. The molecule has 3 aliphatic rings. The van der Waals surface area contributed by atoms with Crippen molar-refractivity contribution < 1.29 is 19.7 Å². The first kappa shape index (κ1) is 25.2. The van der Waals surface area contributed by atoms with Gasteiger partial charge in [0.15, 0.2) is 6.23 Å². The zero-order valence-corrected chi connectivity index (χ0v) is 21.5. The van der Waals surface area contributed by atoms with Crippen molar-refractivity contribution in [3.63, 3.8) is 0 Å². The van der Waals surface area contributed by atoms with Gasteiger partial charge < -0.3 is 24.7 Å². The number of aliphatic hydroxyl groups is 2. The zero-order chi connectivity index (χ0) is 25.2. The zero-order valence-electron chi connectivity index (χ0n) is 21.5. The first-order chi connectivity index (χ1) is 17.5. The summed E-state index contributed by atoms with van der Waals surface area (Å²) in [5.41, 5.74) is 6.69. The second kappa shape index (κ2) is 10.9. The Balaban J connectivity index is 1.27. The van der Waals surface area contributed by atoms with E-state index < -0.39 is 6.23 Å². The van der Waals surface area contributed by atoms with Gasteiger partial charge in [-0.3, -0.25) is 14.4 Å². The molecule has 1 aromatic heterocycles. The Labute approximate surface area is 213 Å². The van der Waals surface area contributed by atoms with Gasteiger partial charge in [-0.1, -0.05) is 12.1 Å². The topological polar surface area (TPSA) is 94.3 Å². The number of piperazine rings is 1. The number of benzene rings is 1. The lowest BCUT2D eigenvalue weighted by atomic mass is 9.95. The van der Waals surface area contributed by atoms with Crippen molar-refractivity contribution in [2.24, 2.45) is 0 Å². The van der Waals surface area contributed by atoms with Gasteiger partial charge in [-0.25, -0.2) is 0 Å². The Bertz CT molecular complexity index is 1080. The monoisotopic (exact) mass is 497 g/mol. The summed E-state index contributed by atoms with van der Waals surface area (Å²) in [6.07, 6.45) is 2.74. The number of morpholine rings is 1. The van der Waals surface area contributed by atoms with Gasteiger partial charge in [0.25, 0.3) is 0 Å². The number of fused-ring (bicyclic) bond motifs is 1. The minimum Gasteiger partial charge on any atom is -0.394 e. The highest BCUT2D eigenvalue weighted by Crippen LogP contribution is 2.31. The van der Waals surface area contributed by atoms with E-state index in [0.717, 1.165) is 50.0 Å². The van der Waals surface area contributed by atoms with Gasteiger partial charge >= 0.3 is 0 Å². The van der Waals surface area contributed by atoms with Gasteiger partial charge in [-0.2, -0.15) is 5.10 Å². The van der Waals surface area contributed by atoms with Gasteiger partial charge in [-0.15, -0.1) is 0 Å². The molecule has 2 fully saturated rings. The number of hydrogen-bond donors (Lipinski definition) is 2. The fraction of sp³-hybridized carbons (Fsp3) is 0.630. The Morgan fingerprint density at radius 2 is 1.92 bits per heavy atom. The lowest BCUT2D eigenvalue weighted by Gasteiger charge is -2.37. The first-order valence-electron chi connectivity index (χ1n) is 13.3. The Morgan fingerprint density at radius 3 is 2.69 bits per heavy atom. The van der Waals surface area contributed by atoms with Crippen LogP contribution in [0.4, 0.5) is 5.69 Å². The maximum absolute atomic E-state index is 13.3. The predicted octanol–water partition coefficient (Wildman–Crippen LogP) is 1.41. The standard InChI is InChI=1S/C27H39N5O4/c1-19-6-5-9-23(20(19)2)29-10-12-30(13-11-29)25(34)17-32-24-8-4-3-7-22(24)26(28-32)27(35)31-14-15-36-21(16-31)18-33/h5-6,9,21,27,33,35H,3-4,7-8,10-18H2,1-2H3/t21-,27?/m0/s1.